The van der Waals surface area contributed by atoms with Crippen molar-refractivity contribution in [2.75, 3.05) is 0 Å². The second-order valence-electron chi connectivity index (χ2n) is 2.81. The van der Waals surface area contributed by atoms with Crippen LogP contribution in [0.3, 0.4) is 0 Å². The molecule has 1 atom stereocenters. The van der Waals surface area contributed by atoms with Gasteiger partial charge in [-0.15, -0.1) is 0 Å². The third-order valence-electron chi connectivity index (χ3n) is 2.19. The maximum atomic E-state index is 9.24. The Hall–Kier alpha value is -1.02. The minimum Gasteiger partial charge on any atom is -0.460 e. The van der Waals surface area contributed by atoms with E-state index < -0.39 is 6.29 Å². The van der Waals surface area contributed by atoms with Crippen LogP contribution in [0.5, 0.6) is 0 Å². The zero-order valence-corrected chi connectivity index (χ0v) is 5.29. The lowest BCUT2D eigenvalue weighted by Gasteiger charge is -2.03. The maximum Gasteiger partial charge on any atom is 0.221 e. The van der Waals surface area contributed by atoms with E-state index in [1.165, 1.54) is 5.57 Å². The summed E-state index contributed by atoms with van der Waals surface area (Å²) < 4.78 is 5.13. The van der Waals surface area contributed by atoms with Gasteiger partial charge < -0.3 is 9.84 Å². The number of aliphatic hydroxyl groups is 1. The lowest BCUT2D eigenvalue weighted by Crippen LogP contribution is -2.05. The summed E-state index contributed by atoms with van der Waals surface area (Å²) in [6, 6.07) is 0. The normalized spacial score (nSPS) is 32.7. The highest BCUT2D eigenvalue weighted by atomic mass is 16.6. The van der Waals surface area contributed by atoms with Gasteiger partial charge in [0.1, 0.15) is 5.76 Å². The van der Waals surface area contributed by atoms with E-state index in [1.54, 1.807) is 0 Å². The molecule has 1 aliphatic heterocycles. The fraction of sp³-hybridized carbons (Fsp3) is 0.250. The molecule has 0 aromatic heterocycles. The SMILES string of the molecule is O[C@@H]1OC2=CC3=CC2=C1C3. The maximum absolute atomic E-state index is 9.24. The molecule has 3 aliphatic rings. The number of hydrogen-bond donors (Lipinski definition) is 1. The number of allylic oxidation sites excluding steroid dienone is 3. The molecule has 1 N–H and O–H groups in total. The summed E-state index contributed by atoms with van der Waals surface area (Å²) in [4.78, 5) is 0. The summed E-state index contributed by atoms with van der Waals surface area (Å²) in [6.07, 6.45) is 4.31. The molecule has 0 aromatic rings. The number of aliphatic hydroxyl groups excluding tert-OH is 1. The molecule has 0 saturated heterocycles. The van der Waals surface area contributed by atoms with Crippen molar-refractivity contribution in [1.29, 1.82) is 0 Å². The molecule has 0 amide bonds. The van der Waals surface area contributed by atoms with E-state index in [0.29, 0.717) is 0 Å². The first-order chi connectivity index (χ1) is 4.84. The fourth-order valence-corrected chi connectivity index (χ4v) is 1.72. The van der Waals surface area contributed by atoms with Crippen molar-refractivity contribution in [3.63, 3.8) is 0 Å². The Labute approximate surface area is 58.1 Å². The molecule has 0 fully saturated rings. The second-order valence-corrected chi connectivity index (χ2v) is 2.81. The molecule has 50 valence electrons. The monoisotopic (exact) mass is 134 g/mol. The van der Waals surface area contributed by atoms with Gasteiger partial charge in [-0.2, -0.15) is 0 Å². The van der Waals surface area contributed by atoms with Gasteiger partial charge >= 0.3 is 0 Å². The summed E-state index contributed by atoms with van der Waals surface area (Å²) in [7, 11) is 0. The highest BCUT2D eigenvalue weighted by molar-refractivity contribution is 5.62. The van der Waals surface area contributed by atoms with Crippen LogP contribution in [0, 0.1) is 0 Å². The summed E-state index contributed by atoms with van der Waals surface area (Å²) >= 11 is 0. The molecule has 2 bridgehead atoms. The van der Waals surface area contributed by atoms with Crippen LogP contribution >= 0.6 is 0 Å². The number of rotatable bonds is 0. The van der Waals surface area contributed by atoms with Crippen LogP contribution in [-0.2, 0) is 4.74 Å². The highest BCUT2D eigenvalue weighted by Crippen LogP contribution is 2.45. The van der Waals surface area contributed by atoms with Gasteiger partial charge in [-0.3, -0.25) is 0 Å². The van der Waals surface area contributed by atoms with Crippen molar-refractivity contribution in [2.24, 2.45) is 0 Å². The molecule has 2 aliphatic carbocycles. The topological polar surface area (TPSA) is 29.5 Å². The van der Waals surface area contributed by atoms with E-state index in [0.717, 1.165) is 23.3 Å². The molecule has 0 unspecified atom stereocenters. The van der Waals surface area contributed by atoms with Gasteiger partial charge in [-0.05, 0) is 17.7 Å². The van der Waals surface area contributed by atoms with Gasteiger partial charge in [0.2, 0.25) is 6.29 Å². The summed E-state index contributed by atoms with van der Waals surface area (Å²) in [5, 5.41) is 9.24. The first-order valence-electron chi connectivity index (χ1n) is 3.35. The molecule has 0 spiro atoms. The predicted molar refractivity (Wildman–Crippen MR) is 34.9 cm³/mol. The van der Waals surface area contributed by atoms with Crippen molar-refractivity contribution in [2.45, 2.75) is 12.7 Å². The van der Waals surface area contributed by atoms with E-state index in [-0.39, 0.29) is 0 Å². The molecular weight excluding hydrogens is 128 g/mol. The van der Waals surface area contributed by atoms with E-state index in [2.05, 4.69) is 6.08 Å². The lowest BCUT2D eigenvalue weighted by atomic mass is 10.1. The Balaban J connectivity index is 2.27. The third kappa shape index (κ3) is 0.343. The Morgan fingerprint density at radius 1 is 1.50 bits per heavy atom. The third-order valence-corrected chi connectivity index (χ3v) is 2.19. The molecule has 1 heterocycles. The summed E-state index contributed by atoms with van der Waals surface area (Å²) in [5.41, 5.74) is 3.45. The minimum absolute atomic E-state index is 0.655. The largest absolute Gasteiger partial charge is 0.460 e. The molecule has 2 nitrogen and oxygen atoms in total. The molecule has 2 heteroatoms. The van der Waals surface area contributed by atoms with Gasteiger partial charge in [0.15, 0.2) is 0 Å². The molecule has 0 saturated carbocycles. The molecular formula is C8H6O2. The smallest absolute Gasteiger partial charge is 0.221 e. The Kier molecular flexibility index (Phi) is 0.570. The zero-order chi connectivity index (χ0) is 6.72. The average molecular weight is 134 g/mol. The van der Waals surface area contributed by atoms with Crippen LogP contribution in [-0.4, -0.2) is 11.4 Å². The molecule has 0 radical (unpaired) electrons. The van der Waals surface area contributed by atoms with Crippen molar-refractivity contribution >= 4 is 0 Å². The number of hydrogen-bond acceptors (Lipinski definition) is 2. The average Bonchev–Trinajstić information content (AvgIpc) is 2.44. The Bertz CT molecular complexity index is 307. The van der Waals surface area contributed by atoms with Gasteiger partial charge in [-0.1, -0.05) is 0 Å². The van der Waals surface area contributed by atoms with Crippen molar-refractivity contribution in [1.82, 2.24) is 0 Å². The van der Waals surface area contributed by atoms with Crippen molar-refractivity contribution < 1.29 is 9.84 Å². The molecule has 10 heavy (non-hydrogen) atoms. The van der Waals surface area contributed by atoms with Gasteiger partial charge in [0.25, 0.3) is 0 Å². The predicted octanol–water partition coefficient (Wildman–Crippen LogP) is 0.859. The quantitative estimate of drug-likeness (QED) is 0.532. The first-order valence-corrected chi connectivity index (χ1v) is 3.35. The van der Waals surface area contributed by atoms with Gasteiger partial charge in [0.05, 0.1) is 0 Å². The zero-order valence-electron chi connectivity index (χ0n) is 5.29. The van der Waals surface area contributed by atoms with E-state index in [4.69, 9.17) is 4.74 Å². The first kappa shape index (κ1) is 4.74. The van der Waals surface area contributed by atoms with Crippen LogP contribution in [0.4, 0.5) is 0 Å². The lowest BCUT2D eigenvalue weighted by molar-refractivity contribution is -0.0180. The van der Waals surface area contributed by atoms with Gasteiger partial charge in [0, 0.05) is 17.6 Å². The second kappa shape index (κ2) is 1.20. The van der Waals surface area contributed by atoms with E-state index >= 15 is 0 Å². The van der Waals surface area contributed by atoms with Crippen LogP contribution in [0.2, 0.25) is 0 Å². The van der Waals surface area contributed by atoms with Crippen LogP contribution in [0.1, 0.15) is 6.42 Å². The molecule has 0 aromatic carbocycles. The number of ether oxygens (including phenoxy) is 1. The minimum atomic E-state index is -0.655. The standard InChI is InChI=1S/C8H6O2/c9-8-6-2-4-1-5(6)7(3-4)10-8/h1,3,8-9H,2H2/t8-/m1/s1. The van der Waals surface area contributed by atoms with E-state index in [9.17, 15) is 5.11 Å². The summed E-state index contributed by atoms with van der Waals surface area (Å²) in [6.45, 7) is 0. The van der Waals surface area contributed by atoms with Crippen molar-refractivity contribution in [3.8, 4) is 0 Å². The van der Waals surface area contributed by atoms with Crippen molar-refractivity contribution in [3.05, 3.63) is 34.6 Å². The Morgan fingerprint density at radius 3 is 3.00 bits per heavy atom. The van der Waals surface area contributed by atoms with E-state index in [1.807, 2.05) is 6.08 Å². The highest BCUT2D eigenvalue weighted by Gasteiger charge is 2.36. The van der Waals surface area contributed by atoms with Gasteiger partial charge in [-0.25, -0.2) is 0 Å². The molecule has 3 rings (SSSR count). The van der Waals surface area contributed by atoms with Crippen LogP contribution < -0.4 is 0 Å². The Morgan fingerprint density at radius 2 is 2.40 bits per heavy atom. The van der Waals surface area contributed by atoms with Crippen LogP contribution in [0.25, 0.3) is 0 Å². The van der Waals surface area contributed by atoms with Crippen LogP contribution in [0.15, 0.2) is 34.6 Å². The summed E-state index contributed by atoms with van der Waals surface area (Å²) in [5.74, 6) is 0.865. The fourth-order valence-electron chi connectivity index (χ4n) is 1.72.